The molecule has 0 saturated heterocycles. The Hall–Kier alpha value is -3.67. The van der Waals surface area contributed by atoms with Crippen LogP contribution in [0.3, 0.4) is 0 Å². The molecule has 0 bridgehead atoms. The summed E-state index contributed by atoms with van der Waals surface area (Å²) in [5, 5.41) is 22.0. The van der Waals surface area contributed by atoms with Gasteiger partial charge >= 0.3 is 5.97 Å². The zero-order valence-corrected chi connectivity index (χ0v) is 21.1. The molecule has 2 aliphatic rings. The quantitative estimate of drug-likeness (QED) is 0.373. The zero-order chi connectivity index (χ0) is 26.3. The van der Waals surface area contributed by atoms with E-state index in [9.17, 15) is 24.6 Å². The highest BCUT2D eigenvalue weighted by Crippen LogP contribution is 2.48. The van der Waals surface area contributed by atoms with E-state index < -0.39 is 22.7 Å². The lowest BCUT2D eigenvalue weighted by atomic mass is 9.67. The summed E-state index contributed by atoms with van der Waals surface area (Å²) < 4.78 is 5.47. The maximum absolute atomic E-state index is 13.3. The molecule has 0 spiro atoms. The van der Waals surface area contributed by atoms with Gasteiger partial charge in [-0.3, -0.25) is 9.59 Å². The Labute approximate surface area is 211 Å². The van der Waals surface area contributed by atoms with Gasteiger partial charge in [0.1, 0.15) is 17.3 Å². The van der Waals surface area contributed by atoms with Gasteiger partial charge in [0.05, 0.1) is 5.56 Å². The fourth-order valence-corrected chi connectivity index (χ4v) is 5.21. The number of ketones is 2. The number of hydrogen-bond acceptors (Lipinski definition) is 6. The standard InChI is InChI=1S/C30H32O6/c1-29(2)14-21(31)26(22(32)15-29)25(27-23(33)16-30(3,4)17-24(27)34)18-10-12-20(13-11-18)36-28(35)19-8-6-5-7-9-19/h5-13,25,31,33H,14-17H2,1-4H3. The number of hydrogen-bond donors (Lipinski definition) is 2. The molecule has 0 radical (unpaired) electrons. The first-order valence-electron chi connectivity index (χ1n) is 12.1. The molecule has 0 atom stereocenters. The highest BCUT2D eigenvalue weighted by atomic mass is 16.5. The van der Waals surface area contributed by atoms with Gasteiger partial charge in [0.15, 0.2) is 11.6 Å². The molecule has 0 aromatic heterocycles. The molecule has 6 nitrogen and oxygen atoms in total. The number of Topliss-reactive ketones (excluding diaryl/α,β-unsaturated/α-hetero) is 2. The van der Waals surface area contributed by atoms with Gasteiger partial charge in [0.2, 0.25) is 0 Å². The molecule has 2 aliphatic carbocycles. The molecule has 0 amide bonds. The van der Waals surface area contributed by atoms with Crippen molar-refractivity contribution in [3.63, 3.8) is 0 Å². The van der Waals surface area contributed by atoms with Crippen LogP contribution in [0.5, 0.6) is 5.75 Å². The van der Waals surface area contributed by atoms with Gasteiger partial charge in [-0.05, 0) is 40.7 Å². The van der Waals surface area contributed by atoms with Gasteiger partial charge in [-0.2, -0.15) is 0 Å². The van der Waals surface area contributed by atoms with Crippen LogP contribution in [0.1, 0.15) is 75.2 Å². The largest absolute Gasteiger partial charge is 0.512 e. The van der Waals surface area contributed by atoms with Crippen molar-refractivity contribution in [3.05, 3.63) is 88.4 Å². The van der Waals surface area contributed by atoms with Crippen molar-refractivity contribution in [2.45, 2.75) is 59.3 Å². The fourth-order valence-electron chi connectivity index (χ4n) is 5.21. The zero-order valence-electron chi connectivity index (χ0n) is 21.1. The van der Waals surface area contributed by atoms with E-state index in [1.807, 2.05) is 27.7 Å². The predicted octanol–water partition coefficient (Wildman–Crippen LogP) is 6.39. The van der Waals surface area contributed by atoms with Crippen LogP contribution in [-0.2, 0) is 9.59 Å². The topological polar surface area (TPSA) is 101 Å². The first-order valence-corrected chi connectivity index (χ1v) is 12.1. The van der Waals surface area contributed by atoms with E-state index in [0.717, 1.165) is 0 Å². The minimum atomic E-state index is -0.906. The van der Waals surface area contributed by atoms with E-state index in [4.69, 9.17) is 4.74 Å². The third-order valence-electron chi connectivity index (χ3n) is 6.80. The van der Waals surface area contributed by atoms with Gasteiger partial charge in [0, 0.05) is 42.7 Å². The summed E-state index contributed by atoms with van der Waals surface area (Å²) in [5.41, 5.74) is 0.462. The van der Waals surface area contributed by atoms with Crippen LogP contribution in [-0.4, -0.2) is 27.7 Å². The van der Waals surface area contributed by atoms with Crippen LogP contribution >= 0.6 is 0 Å². The Morgan fingerprint density at radius 2 is 1.22 bits per heavy atom. The second-order valence-electron chi connectivity index (χ2n) is 11.4. The van der Waals surface area contributed by atoms with Crippen LogP contribution in [0.25, 0.3) is 0 Å². The average Bonchev–Trinajstić information content (AvgIpc) is 2.76. The first kappa shape index (κ1) is 25.4. The number of rotatable bonds is 5. The number of aliphatic hydroxyl groups is 2. The normalized spacial score (nSPS) is 19.6. The van der Waals surface area contributed by atoms with Gasteiger partial charge in [-0.1, -0.05) is 58.0 Å². The molecular weight excluding hydrogens is 456 g/mol. The molecule has 36 heavy (non-hydrogen) atoms. The number of carbonyl (C=O) groups is 3. The van der Waals surface area contributed by atoms with Crippen LogP contribution in [0.2, 0.25) is 0 Å². The molecule has 188 valence electrons. The molecule has 0 unspecified atom stereocenters. The number of aliphatic hydroxyl groups excluding tert-OH is 2. The van der Waals surface area contributed by atoms with Crippen LogP contribution < -0.4 is 4.74 Å². The van der Waals surface area contributed by atoms with Crippen molar-refractivity contribution in [1.82, 2.24) is 0 Å². The minimum absolute atomic E-state index is 0.0567. The Morgan fingerprint density at radius 1 is 0.750 bits per heavy atom. The number of esters is 1. The number of carbonyl (C=O) groups excluding carboxylic acids is 3. The molecular formula is C30H32O6. The number of ether oxygens (including phenoxy) is 1. The van der Waals surface area contributed by atoms with Crippen LogP contribution in [0.4, 0.5) is 0 Å². The van der Waals surface area contributed by atoms with Gasteiger partial charge in [-0.15, -0.1) is 0 Å². The summed E-state index contributed by atoms with van der Waals surface area (Å²) in [6, 6.07) is 15.1. The molecule has 2 N–H and O–H groups in total. The van der Waals surface area contributed by atoms with Gasteiger partial charge in [0.25, 0.3) is 0 Å². The van der Waals surface area contributed by atoms with E-state index in [-0.39, 0.29) is 47.1 Å². The highest BCUT2D eigenvalue weighted by Gasteiger charge is 2.43. The second kappa shape index (κ2) is 9.41. The first-order chi connectivity index (χ1) is 16.9. The van der Waals surface area contributed by atoms with E-state index >= 15 is 0 Å². The number of benzene rings is 2. The molecule has 4 rings (SSSR count). The Kier molecular flexibility index (Phi) is 6.65. The van der Waals surface area contributed by atoms with Crippen molar-refractivity contribution in [1.29, 1.82) is 0 Å². The molecule has 0 saturated carbocycles. The van der Waals surface area contributed by atoms with E-state index in [1.54, 1.807) is 54.6 Å². The van der Waals surface area contributed by atoms with Crippen molar-refractivity contribution in [2.75, 3.05) is 0 Å². The summed E-state index contributed by atoms with van der Waals surface area (Å²) >= 11 is 0. The average molecular weight is 489 g/mol. The summed E-state index contributed by atoms with van der Waals surface area (Å²) in [4.78, 5) is 39.0. The third-order valence-corrected chi connectivity index (χ3v) is 6.80. The molecule has 6 heteroatoms. The van der Waals surface area contributed by atoms with Crippen molar-refractivity contribution >= 4 is 17.5 Å². The summed E-state index contributed by atoms with van der Waals surface area (Å²) in [6.07, 6.45) is 1.04. The fraction of sp³-hybridized carbons (Fsp3) is 0.367. The summed E-state index contributed by atoms with van der Waals surface area (Å²) in [5.74, 6) is -1.71. The molecule has 2 aromatic carbocycles. The second-order valence-corrected chi connectivity index (χ2v) is 11.4. The SMILES string of the molecule is CC1(C)CC(=O)C(C(C2=C(O)CC(C)(C)CC2=O)c2ccc(OC(=O)c3ccccc3)cc2)=C(O)C1. The lowest BCUT2D eigenvalue weighted by molar-refractivity contribution is -0.119. The summed E-state index contributed by atoms with van der Waals surface area (Å²) in [6.45, 7) is 7.64. The van der Waals surface area contributed by atoms with Crippen molar-refractivity contribution in [3.8, 4) is 5.75 Å². The minimum Gasteiger partial charge on any atom is -0.512 e. The van der Waals surface area contributed by atoms with Gasteiger partial charge < -0.3 is 14.9 Å². The predicted molar refractivity (Wildman–Crippen MR) is 136 cm³/mol. The number of allylic oxidation sites excluding steroid dienone is 4. The Balaban J connectivity index is 1.75. The molecule has 0 heterocycles. The molecule has 0 fully saturated rings. The van der Waals surface area contributed by atoms with E-state index in [2.05, 4.69) is 0 Å². The van der Waals surface area contributed by atoms with Gasteiger partial charge in [-0.25, -0.2) is 4.79 Å². The third kappa shape index (κ3) is 5.27. The maximum Gasteiger partial charge on any atom is 0.343 e. The smallest absolute Gasteiger partial charge is 0.343 e. The lowest BCUT2D eigenvalue weighted by Gasteiger charge is -2.36. The van der Waals surface area contributed by atoms with Crippen molar-refractivity contribution < 1.29 is 29.3 Å². The Morgan fingerprint density at radius 3 is 1.67 bits per heavy atom. The van der Waals surface area contributed by atoms with E-state index in [1.165, 1.54) is 0 Å². The molecule has 2 aromatic rings. The summed E-state index contributed by atoms with van der Waals surface area (Å²) in [7, 11) is 0. The molecule has 0 aliphatic heterocycles. The maximum atomic E-state index is 13.3. The lowest BCUT2D eigenvalue weighted by Crippen LogP contribution is -2.33. The Bertz CT molecular complexity index is 1210. The van der Waals surface area contributed by atoms with Crippen molar-refractivity contribution in [2.24, 2.45) is 10.8 Å². The van der Waals surface area contributed by atoms with Crippen LogP contribution in [0.15, 0.2) is 77.3 Å². The highest BCUT2D eigenvalue weighted by molar-refractivity contribution is 6.05. The monoisotopic (exact) mass is 488 g/mol. The van der Waals surface area contributed by atoms with E-state index in [0.29, 0.717) is 29.7 Å². The van der Waals surface area contributed by atoms with Crippen LogP contribution in [0, 0.1) is 10.8 Å².